The maximum Gasteiger partial charge on any atom is 0.0991 e. The lowest BCUT2D eigenvalue weighted by molar-refractivity contribution is -0.182. The zero-order valence-corrected chi connectivity index (χ0v) is 12.1. The summed E-state index contributed by atoms with van der Waals surface area (Å²) >= 11 is 0. The fraction of sp³-hybridized carbons (Fsp3) is 1.00. The van der Waals surface area contributed by atoms with E-state index in [0.29, 0.717) is 25.4 Å². The second kappa shape index (κ2) is 8.17. The molecule has 0 radical (unpaired) electrons. The van der Waals surface area contributed by atoms with Gasteiger partial charge in [0, 0.05) is 26.4 Å². The van der Waals surface area contributed by atoms with Gasteiger partial charge >= 0.3 is 0 Å². The van der Waals surface area contributed by atoms with Crippen molar-refractivity contribution < 1.29 is 18.9 Å². The Bertz CT molecular complexity index is 246. The van der Waals surface area contributed by atoms with Crippen LogP contribution in [0.1, 0.15) is 26.2 Å². The molecule has 1 saturated heterocycles. The van der Waals surface area contributed by atoms with Crippen molar-refractivity contribution in [1.82, 2.24) is 5.32 Å². The molecule has 3 atom stereocenters. The van der Waals surface area contributed by atoms with Crippen LogP contribution in [0.25, 0.3) is 0 Å². The van der Waals surface area contributed by atoms with Crippen LogP contribution in [0, 0.1) is 0 Å². The molecule has 1 saturated carbocycles. The molecule has 0 aromatic rings. The zero-order valence-electron chi connectivity index (χ0n) is 12.1. The van der Waals surface area contributed by atoms with Gasteiger partial charge < -0.3 is 24.3 Å². The van der Waals surface area contributed by atoms with Crippen molar-refractivity contribution in [3.05, 3.63) is 0 Å². The van der Waals surface area contributed by atoms with Crippen LogP contribution in [0.2, 0.25) is 0 Å². The summed E-state index contributed by atoms with van der Waals surface area (Å²) in [5.41, 5.74) is 0. The van der Waals surface area contributed by atoms with Gasteiger partial charge in [-0.1, -0.05) is 6.92 Å². The van der Waals surface area contributed by atoms with E-state index in [-0.39, 0.29) is 12.2 Å². The van der Waals surface area contributed by atoms with Crippen molar-refractivity contribution in [2.24, 2.45) is 0 Å². The summed E-state index contributed by atoms with van der Waals surface area (Å²) < 4.78 is 22.5. The Labute approximate surface area is 115 Å². The highest BCUT2D eigenvalue weighted by atomic mass is 16.6. The van der Waals surface area contributed by atoms with Crippen LogP contribution < -0.4 is 5.32 Å². The number of methoxy groups -OCH3 is 1. The SMILES string of the molecule is CCNC1CC(OC2CCOCC2)C1OCCOC. The number of likely N-dealkylation sites (N-methyl/N-ethyl adjacent to an activating group) is 1. The Hall–Kier alpha value is -0.200. The second-order valence-electron chi connectivity index (χ2n) is 5.21. The smallest absolute Gasteiger partial charge is 0.0991 e. The first-order chi connectivity index (χ1) is 9.35. The summed E-state index contributed by atoms with van der Waals surface area (Å²) in [5.74, 6) is 0. The number of hydrogen-bond donors (Lipinski definition) is 1. The maximum absolute atomic E-state index is 6.16. The topological polar surface area (TPSA) is 49.0 Å². The van der Waals surface area contributed by atoms with Crippen LogP contribution in [0.15, 0.2) is 0 Å². The maximum atomic E-state index is 6.16. The van der Waals surface area contributed by atoms with Gasteiger partial charge in [-0.3, -0.25) is 0 Å². The average Bonchev–Trinajstić information content (AvgIpc) is 2.43. The normalized spacial score (nSPS) is 32.2. The molecular weight excluding hydrogens is 246 g/mol. The predicted octanol–water partition coefficient (Wildman–Crippen LogP) is 0.964. The molecule has 2 aliphatic rings. The summed E-state index contributed by atoms with van der Waals surface area (Å²) in [6.45, 7) is 6.01. The number of ether oxygens (including phenoxy) is 4. The highest BCUT2D eigenvalue weighted by Gasteiger charge is 2.43. The molecule has 1 aliphatic heterocycles. The summed E-state index contributed by atoms with van der Waals surface area (Å²) in [5, 5.41) is 3.46. The molecule has 2 fully saturated rings. The zero-order chi connectivity index (χ0) is 13.5. The van der Waals surface area contributed by atoms with E-state index < -0.39 is 0 Å². The molecule has 5 nitrogen and oxygen atoms in total. The lowest BCUT2D eigenvalue weighted by atomic mass is 9.84. The number of hydrogen-bond acceptors (Lipinski definition) is 5. The number of rotatable bonds is 8. The molecule has 0 bridgehead atoms. The molecule has 0 aromatic heterocycles. The van der Waals surface area contributed by atoms with Crippen molar-refractivity contribution in [1.29, 1.82) is 0 Å². The minimum absolute atomic E-state index is 0.165. The lowest BCUT2D eigenvalue weighted by Crippen LogP contribution is -2.61. The highest BCUT2D eigenvalue weighted by molar-refractivity contribution is 4.97. The Balaban J connectivity index is 1.74. The fourth-order valence-electron chi connectivity index (χ4n) is 2.73. The number of nitrogens with one attached hydrogen (secondary N) is 1. The second-order valence-corrected chi connectivity index (χ2v) is 5.21. The van der Waals surface area contributed by atoms with Gasteiger partial charge in [0.25, 0.3) is 0 Å². The van der Waals surface area contributed by atoms with Gasteiger partial charge in [0.05, 0.1) is 31.5 Å². The molecule has 112 valence electrons. The third-order valence-corrected chi connectivity index (χ3v) is 3.85. The van der Waals surface area contributed by atoms with Crippen molar-refractivity contribution in [3.63, 3.8) is 0 Å². The summed E-state index contributed by atoms with van der Waals surface area (Å²) in [7, 11) is 1.70. The minimum atomic E-state index is 0.165. The van der Waals surface area contributed by atoms with Crippen LogP contribution >= 0.6 is 0 Å². The fourth-order valence-corrected chi connectivity index (χ4v) is 2.73. The first-order valence-electron chi connectivity index (χ1n) is 7.42. The largest absolute Gasteiger partial charge is 0.382 e. The monoisotopic (exact) mass is 273 g/mol. The third-order valence-electron chi connectivity index (χ3n) is 3.85. The first-order valence-corrected chi connectivity index (χ1v) is 7.42. The average molecular weight is 273 g/mol. The standard InChI is InChI=1S/C14H27NO4/c1-3-15-12-10-13(14(12)18-9-8-16-2)19-11-4-6-17-7-5-11/h11-15H,3-10H2,1-2H3. The van der Waals surface area contributed by atoms with Gasteiger partial charge in [-0.15, -0.1) is 0 Å². The van der Waals surface area contributed by atoms with Gasteiger partial charge in [0.2, 0.25) is 0 Å². The van der Waals surface area contributed by atoms with Gasteiger partial charge in [-0.2, -0.15) is 0 Å². The van der Waals surface area contributed by atoms with Crippen LogP contribution in [-0.4, -0.2) is 64.4 Å². The van der Waals surface area contributed by atoms with E-state index in [0.717, 1.165) is 39.0 Å². The Kier molecular flexibility index (Phi) is 6.53. The van der Waals surface area contributed by atoms with E-state index in [4.69, 9.17) is 18.9 Å². The van der Waals surface area contributed by atoms with Gasteiger partial charge in [0.15, 0.2) is 0 Å². The lowest BCUT2D eigenvalue weighted by Gasteiger charge is -2.46. The van der Waals surface area contributed by atoms with Crippen molar-refractivity contribution >= 4 is 0 Å². The van der Waals surface area contributed by atoms with E-state index in [2.05, 4.69) is 12.2 Å². The minimum Gasteiger partial charge on any atom is -0.382 e. The Morgan fingerprint density at radius 1 is 1.21 bits per heavy atom. The Morgan fingerprint density at radius 2 is 2.00 bits per heavy atom. The molecular formula is C14H27NO4. The summed E-state index contributed by atoms with van der Waals surface area (Å²) in [6.07, 6.45) is 3.79. The molecule has 1 aliphatic carbocycles. The van der Waals surface area contributed by atoms with Gasteiger partial charge in [-0.05, 0) is 25.8 Å². The third kappa shape index (κ3) is 4.39. The molecule has 0 aromatic carbocycles. The van der Waals surface area contributed by atoms with Crippen LogP contribution in [0.5, 0.6) is 0 Å². The summed E-state index contributed by atoms with van der Waals surface area (Å²) in [6, 6.07) is 0.423. The van der Waals surface area contributed by atoms with E-state index in [9.17, 15) is 0 Å². The van der Waals surface area contributed by atoms with E-state index in [1.54, 1.807) is 7.11 Å². The summed E-state index contributed by atoms with van der Waals surface area (Å²) in [4.78, 5) is 0. The molecule has 19 heavy (non-hydrogen) atoms. The molecule has 1 N–H and O–H groups in total. The van der Waals surface area contributed by atoms with Gasteiger partial charge in [-0.25, -0.2) is 0 Å². The molecule has 5 heteroatoms. The first kappa shape index (κ1) is 15.2. The highest BCUT2D eigenvalue weighted by Crippen LogP contribution is 2.30. The molecule has 1 heterocycles. The van der Waals surface area contributed by atoms with Crippen LogP contribution in [0.3, 0.4) is 0 Å². The Morgan fingerprint density at radius 3 is 2.68 bits per heavy atom. The van der Waals surface area contributed by atoms with Crippen molar-refractivity contribution in [3.8, 4) is 0 Å². The van der Waals surface area contributed by atoms with Crippen LogP contribution in [-0.2, 0) is 18.9 Å². The predicted molar refractivity (Wildman–Crippen MR) is 72.4 cm³/mol. The molecule has 0 spiro atoms. The molecule has 2 rings (SSSR count). The quantitative estimate of drug-likeness (QED) is 0.668. The van der Waals surface area contributed by atoms with E-state index in [1.165, 1.54) is 0 Å². The van der Waals surface area contributed by atoms with E-state index in [1.807, 2.05) is 0 Å². The van der Waals surface area contributed by atoms with Gasteiger partial charge in [0.1, 0.15) is 0 Å². The van der Waals surface area contributed by atoms with Crippen LogP contribution in [0.4, 0.5) is 0 Å². The molecule has 3 unspecified atom stereocenters. The van der Waals surface area contributed by atoms with Crippen molar-refractivity contribution in [2.45, 2.75) is 50.5 Å². The molecule has 0 amide bonds. The van der Waals surface area contributed by atoms with Crippen molar-refractivity contribution in [2.75, 3.05) is 40.1 Å². The van der Waals surface area contributed by atoms with E-state index >= 15 is 0 Å².